The first-order chi connectivity index (χ1) is 25.3. The SMILES string of the molecule is C1=CC2=C(CC1)c1cc(-c3ccc4c5ccccc5n(-c5ccccc5)c4c3)c3c4c(n(-c5ccc(-c6ccccc6)cc5)c3c1C2)CCC=C4. The first-order valence-corrected chi connectivity index (χ1v) is 18.4. The van der Waals surface area contributed by atoms with Gasteiger partial charge in [0.05, 0.1) is 16.6 Å². The molecule has 2 aromatic heterocycles. The van der Waals surface area contributed by atoms with E-state index in [-0.39, 0.29) is 0 Å². The zero-order valence-corrected chi connectivity index (χ0v) is 28.4. The van der Waals surface area contributed by atoms with Crippen LogP contribution in [0.4, 0.5) is 0 Å². The van der Waals surface area contributed by atoms with Crippen LogP contribution in [-0.4, -0.2) is 9.13 Å². The molecule has 2 nitrogen and oxygen atoms in total. The van der Waals surface area contributed by atoms with Crippen molar-refractivity contribution in [3.05, 3.63) is 180 Å². The molecule has 242 valence electrons. The van der Waals surface area contributed by atoms with Gasteiger partial charge in [-0.1, -0.05) is 115 Å². The van der Waals surface area contributed by atoms with E-state index in [9.17, 15) is 0 Å². The van der Waals surface area contributed by atoms with Crippen LogP contribution in [0, 0.1) is 0 Å². The van der Waals surface area contributed by atoms with Crippen molar-refractivity contribution in [1.29, 1.82) is 0 Å². The van der Waals surface area contributed by atoms with Crippen LogP contribution < -0.4 is 0 Å². The molecule has 0 amide bonds. The van der Waals surface area contributed by atoms with Gasteiger partial charge < -0.3 is 9.13 Å². The van der Waals surface area contributed by atoms with Crippen LogP contribution in [0.3, 0.4) is 0 Å². The van der Waals surface area contributed by atoms with Crippen LogP contribution in [0.15, 0.2) is 157 Å². The van der Waals surface area contributed by atoms with E-state index in [0.29, 0.717) is 0 Å². The number of para-hydroxylation sites is 2. The average Bonchev–Trinajstić information content (AvgIpc) is 3.86. The Bertz CT molecular complexity index is 2780. The Hall–Kier alpha value is -6.12. The normalized spacial score (nSPS) is 14.8. The average molecular weight is 653 g/mol. The molecule has 0 saturated heterocycles. The van der Waals surface area contributed by atoms with Gasteiger partial charge in [0.2, 0.25) is 0 Å². The molecular formula is C49H36N2. The van der Waals surface area contributed by atoms with Crippen molar-refractivity contribution >= 4 is 44.4 Å². The number of hydrogen-bond acceptors (Lipinski definition) is 0. The monoisotopic (exact) mass is 652 g/mol. The Morgan fingerprint density at radius 2 is 1.18 bits per heavy atom. The standard InChI is InChI=1S/C49H36N2/c1-3-13-32(14-4-1)33-23-26-37(27-24-33)51-46-22-12-10-20-41(46)48-42(31-43-38-18-8-7-15-34(38)29-44(43)49(48)51)35-25-28-40-39-19-9-11-21-45(39)50(47(40)30-35)36-16-5-2-6-17-36/h1-7,9-11,13-17,19-21,23-28,30-31H,8,12,18,22,29H2. The van der Waals surface area contributed by atoms with E-state index in [2.05, 4.69) is 167 Å². The minimum atomic E-state index is 0.994. The lowest BCUT2D eigenvalue weighted by atomic mass is 9.89. The van der Waals surface area contributed by atoms with Gasteiger partial charge in [0.15, 0.2) is 0 Å². The fourth-order valence-corrected chi connectivity index (χ4v) is 9.24. The van der Waals surface area contributed by atoms with E-state index in [1.807, 2.05) is 0 Å². The van der Waals surface area contributed by atoms with Crippen molar-refractivity contribution in [2.45, 2.75) is 32.1 Å². The summed E-state index contributed by atoms with van der Waals surface area (Å²) in [4.78, 5) is 0. The fraction of sp³-hybridized carbons (Fsp3) is 0.102. The second kappa shape index (κ2) is 11.2. The van der Waals surface area contributed by atoms with Crippen LogP contribution in [0.25, 0.3) is 78.0 Å². The Balaban J connectivity index is 1.21. The molecule has 3 aliphatic rings. The summed E-state index contributed by atoms with van der Waals surface area (Å²) in [5, 5.41) is 3.96. The topological polar surface area (TPSA) is 9.86 Å². The molecule has 0 fully saturated rings. The first kappa shape index (κ1) is 28.7. The van der Waals surface area contributed by atoms with Crippen molar-refractivity contribution < 1.29 is 0 Å². The van der Waals surface area contributed by atoms with Crippen molar-refractivity contribution in [3.8, 4) is 33.6 Å². The van der Waals surface area contributed by atoms with E-state index in [1.54, 1.807) is 0 Å². The second-order valence-electron chi connectivity index (χ2n) is 14.3. The van der Waals surface area contributed by atoms with Gasteiger partial charge in [-0.25, -0.2) is 0 Å². The zero-order valence-electron chi connectivity index (χ0n) is 28.4. The Morgan fingerprint density at radius 1 is 0.490 bits per heavy atom. The zero-order chi connectivity index (χ0) is 33.5. The van der Waals surface area contributed by atoms with Gasteiger partial charge in [0, 0.05) is 45.2 Å². The van der Waals surface area contributed by atoms with Crippen LogP contribution in [0.2, 0.25) is 0 Å². The quantitative estimate of drug-likeness (QED) is 0.179. The number of aromatic nitrogens is 2. The number of rotatable bonds is 4. The molecule has 0 unspecified atom stereocenters. The molecule has 2 heteroatoms. The fourth-order valence-electron chi connectivity index (χ4n) is 9.24. The number of benzene rings is 6. The molecule has 0 saturated carbocycles. The number of allylic oxidation sites excluding steroid dienone is 5. The molecule has 8 aromatic rings. The molecule has 51 heavy (non-hydrogen) atoms. The summed E-state index contributed by atoms with van der Waals surface area (Å²) < 4.78 is 5.08. The van der Waals surface area contributed by atoms with Crippen molar-refractivity contribution in [2.75, 3.05) is 0 Å². The maximum Gasteiger partial charge on any atom is 0.0585 e. The van der Waals surface area contributed by atoms with Gasteiger partial charge in [-0.05, 0) is 113 Å². The summed E-state index contributed by atoms with van der Waals surface area (Å²) >= 11 is 0. The van der Waals surface area contributed by atoms with Crippen LogP contribution in [-0.2, 0) is 12.8 Å². The molecule has 2 heterocycles. The summed E-state index contributed by atoms with van der Waals surface area (Å²) in [6.45, 7) is 0. The summed E-state index contributed by atoms with van der Waals surface area (Å²) in [6, 6.07) is 49.4. The van der Waals surface area contributed by atoms with Gasteiger partial charge in [0.1, 0.15) is 0 Å². The Kier molecular flexibility index (Phi) is 6.30. The predicted molar refractivity (Wildman–Crippen MR) is 215 cm³/mol. The lowest BCUT2D eigenvalue weighted by Gasteiger charge is -2.17. The molecule has 0 bridgehead atoms. The molecular weight excluding hydrogens is 617 g/mol. The molecule has 0 aliphatic heterocycles. The second-order valence-corrected chi connectivity index (χ2v) is 14.3. The van der Waals surface area contributed by atoms with Crippen molar-refractivity contribution in [3.63, 3.8) is 0 Å². The largest absolute Gasteiger partial charge is 0.313 e. The summed E-state index contributed by atoms with van der Waals surface area (Å²) in [5.74, 6) is 0. The molecule has 3 aliphatic carbocycles. The summed E-state index contributed by atoms with van der Waals surface area (Å²) in [7, 11) is 0. The molecule has 0 spiro atoms. The minimum Gasteiger partial charge on any atom is -0.313 e. The van der Waals surface area contributed by atoms with E-state index >= 15 is 0 Å². The van der Waals surface area contributed by atoms with Gasteiger partial charge >= 0.3 is 0 Å². The van der Waals surface area contributed by atoms with E-state index in [4.69, 9.17) is 0 Å². The highest BCUT2D eigenvalue weighted by Gasteiger charge is 2.31. The predicted octanol–water partition coefficient (Wildman–Crippen LogP) is 12.7. The van der Waals surface area contributed by atoms with E-state index < -0.39 is 0 Å². The van der Waals surface area contributed by atoms with E-state index in [0.717, 1.165) is 32.1 Å². The molecule has 0 radical (unpaired) electrons. The highest BCUT2D eigenvalue weighted by Crippen LogP contribution is 2.49. The third kappa shape index (κ3) is 4.29. The molecule has 0 N–H and O–H groups in total. The molecule has 0 atom stereocenters. The van der Waals surface area contributed by atoms with Crippen LogP contribution in [0.5, 0.6) is 0 Å². The van der Waals surface area contributed by atoms with Gasteiger partial charge in [-0.3, -0.25) is 0 Å². The van der Waals surface area contributed by atoms with E-state index in [1.165, 1.54) is 99.9 Å². The number of nitrogens with zero attached hydrogens (tertiary/aromatic N) is 2. The van der Waals surface area contributed by atoms with Gasteiger partial charge in [-0.2, -0.15) is 0 Å². The van der Waals surface area contributed by atoms with Gasteiger partial charge in [-0.15, -0.1) is 0 Å². The summed E-state index contributed by atoms with van der Waals surface area (Å²) in [6.07, 6.45) is 14.9. The van der Waals surface area contributed by atoms with Gasteiger partial charge in [0.25, 0.3) is 0 Å². The lowest BCUT2D eigenvalue weighted by molar-refractivity contribution is 0.886. The highest BCUT2D eigenvalue weighted by atomic mass is 15.0. The molecule has 11 rings (SSSR count). The minimum absolute atomic E-state index is 0.994. The number of hydrogen-bond donors (Lipinski definition) is 0. The third-order valence-electron chi connectivity index (χ3n) is 11.5. The third-order valence-corrected chi connectivity index (χ3v) is 11.5. The Labute approximate surface area is 297 Å². The van der Waals surface area contributed by atoms with Crippen LogP contribution >= 0.6 is 0 Å². The maximum atomic E-state index is 2.63. The van der Waals surface area contributed by atoms with Crippen LogP contribution in [0.1, 0.15) is 41.6 Å². The number of fused-ring (bicyclic) bond motifs is 9. The smallest absolute Gasteiger partial charge is 0.0585 e. The highest BCUT2D eigenvalue weighted by molar-refractivity contribution is 6.13. The molecule has 6 aromatic carbocycles. The summed E-state index contributed by atoms with van der Waals surface area (Å²) in [5.41, 5.74) is 20.2. The first-order valence-electron chi connectivity index (χ1n) is 18.4. The van der Waals surface area contributed by atoms with Crippen molar-refractivity contribution in [1.82, 2.24) is 9.13 Å². The lowest BCUT2D eigenvalue weighted by Crippen LogP contribution is -2.04. The Morgan fingerprint density at radius 3 is 2.04 bits per heavy atom. The maximum absolute atomic E-state index is 2.63. The van der Waals surface area contributed by atoms with Crippen molar-refractivity contribution in [2.24, 2.45) is 0 Å².